The molecule has 0 saturated carbocycles. The van der Waals surface area contributed by atoms with Crippen LogP contribution in [0.25, 0.3) is 0 Å². The fourth-order valence-corrected chi connectivity index (χ4v) is 2.67. The zero-order valence-electron chi connectivity index (χ0n) is 16.2. The lowest BCUT2D eigenvalue weighted by Crippen LogP contribution is -2.43. The highest BCUT2D eigenvalue weighted by molar-refractivity contribution is 7.09. The number of carbonyl (C=O) groups excluding carboxylic acids is 2. The van der Waals surface area contributed by atoms with Gasteiger partial charge < -0.3 is 10.1 Å². The highest BCUT2D eigenvalue weighted by Crippen LogP contribution is 2.21. The molecule has 1 aromatic heterocycles. The minimum Gasteiger partial charge on any atom is -0.443 e. The molecule has 0 aromatic carbocycles. The minimum atomic E-state index is -0.625. The number of nitrogens with one attached hydrogen (secondary N) is 1. The molecule has 0 radical (unpaired) electrons. The number of ether oxygens (including phenoxy) is 1. The van der Waals surface area contributed by atoms with Crippen LogP contribution in [0, 0.1) is 5.41 Å². The summed E-state index contributed by atoms with van der Waals surface area (Å²) in [6.45, 7) is 13.1. The number of hydrogen-bond donors (Lipinski definition) is 1. The predicted octanol–water partition coefficient (Wildman–Crippen LogP) is 3.82. The molecule has 0 aliphatic heterocycles. The molecule has 0 unspecified atom stereocenters. The summed E-state index contributed by atoms with van der Waals surface area (Å²) >= 11 is 1.60. The fraction of sp³-hybridized carbons (Fsp3) is 0.722. The van der Waals surface area contributed by atoms with Crippen LogP contribution in [0.2, 0.25) is 0 Å². The molecule has 2 amide bonds. The SMILES string of the molecule is CC(C)(C)CC(=O)N(CCCNCc1nccs1)C(=O)OC(C)(C)C. The molecule has 1 N–H and O–H groups in total. The molecule has 0 fully saturated rings. The van der Waals surface area contributed by atoms with Crippen molar-refractivity contribution in [1.82, 2.24) is 15.2 Å². The van der Waals surface area contributed by atoms with Crippen molar-refractivity contribution in [2.24, 2.45) is 5.41 Å². The fourth-order valence-electron chi connectivity index (χ4n) is 2.08. The predicted molar refractivity (Wildman–Crippen MR) is 100 cm³/mol. The maximum atomic E-state index is 12.5. The molecular formula is C18H31N3O3S. The Morgan fingerprint density at radius 3 is 2.44 bits per heavy atom. The van der Waals surface area contributed by atoms with Crippen molar-refractivity contribution < 1.29 is 14.3 Å². The van der Waals surface area contributed by atoms with Crippen molar-refractivity contribution in [2.75, 3.05) is 13.1 Å². The number of nitrogens with zero attached hydrogens (tertiary/aromatic N) is 2. The van der Waals surface area contributed by atoms with E-state index in [0.29, 0.717) is 32.5 Å². The van der Waals surface area contributed by atoms with E-state index in [1.165, 1.54) is 4.90 Å². The van der Waals surface area contributed by atoms with E-state index in [1.54, 1.807) is 38.3 Å². The maximum Gasteiger partial charge on any atom is 0.417 e. The Balaban J connectivity index is 2.54. The molecule has 0 saturated heterocycles. The molecule has 0 spiro atoms. The van der Waals surface area contributed by atoms with Crippen LogP contribution in [-0.2, 0) is 16.1 Å². The summed E-state index contributed by atoms with van der Waals surface area (Å²) in [7, 11) is 0. The summed E-state index contributed by atoms with van der Waals surface area (Å²) in [5, 5.41) is 6.23. The summed E-state index contributed by atoms with van der Waals surface area (Å²) < 4.78 is 5.39. The quantitative estimate of drug-likeness (QED) is 0.740. The van der Waals surface area contributed by atoms with Crippen LogP contribution in [0.4, 0.5) is 4.79 Å². The van der Waals surface area contributed by atoms with Gasteiger partial charge in [0, 0.05) is 31.1 Å². The van der Waals surface area contributed by atoms with Crippen LogP contribution in [0.5, 0.6) is 0 Å². The van der Waals surface area contributed by atoms with Crippen LogP contribution < -0.4 is 5.32 Å². The second-order valence-electron chi connectivity index (χ2n) is 8.22. The Labute approximate surface area is 155 Å². The zero-order valence-corrected chi connectivity index (χ0v) is 17.0. The Kier molecular flexibility index (Phi) is 8.02. The number of imide groups is 1. The highest BCUT2D eigenvalue weighted by Gasteiger charge is 2.29. The van der Waals surface area contributed by atoms with Crippen LogP contribution in [0.3, 0.4) is 0 Å². The Bertz CT molecular complexity index is 517. The number of hydrogen-bond acceptors (Lipinski definition) is 6. The monoisotopic (exact) mass is 369 g/mol. The van der Waals surface area contributed by atoms with Crippen LogP contribution in [0.15, 0.2) is 11.6 Å². The van der Waals surface area contributed by atoms with Crippen LogP contribution in [-0.4, -0.2) is 40.6 Å². The summed E-state index contributed by atoms with van der Waals surface area (Å²) in [5.74, 6) is -0.193. The zero-order chi connectivity index (χ0) is 19.1. The van der Waals surface area contributed by atoms with Gasteiger partial charge in [0.05, 0.1) is 0 Å². The van der Waals surface area contributed by atoms with E-state index >= 15 is 0 Å². The first-order valence-corrected chi connectivity index (χ1v) is 9.48. The first-order chi connectivity index (χ1) is 11.5. The molecule has 1 heterocycles. The van der Waals surface area contributed by atoms with Crippen LogP contribution >= 0.6 is 11.3 Å². The topological polar surface area (TPSA) is 71.5 Å². The molecule has 0 aliphatic carbocycles. The van der Waals surface area contributed by atoms with Gasteiger partial charge in [-0.1, -0.05) is 20.8 Å². The molecule has 1 rings (SSSR count). The van der Waals surface area contributed by atoms with Gasteiger partial charge in [-0.25, -0.2) is 14.7 Å². The third kappa shape index (κ3) is 9.55. The number of amides is 2. The molecular weight excluding hydrogens is 338 g/mol. The summed E-state index contributed by atoms with van der Waals surface area (Å²) in [6, 6.07) is 0. The lowest BCUT2D eigenvalue weighted by molar-refractivity contribution is -0.132. The largest absolute Gasteiger partial charge is 0.443 e. The third-order valence-corrected chi connectivity index (χ3v) is 3.87. The van der Waals surface area contributed by atoms with Gasteiger partial charge >= 0.3 is 6.09 Å². The van der Waals surface area contributed by atoms with Crippen LogP contribution in [0.1, 0.15) is 59.4 Å². The average Bonchev–Trinajstić information content (AvgIpc) is 2.91. The van der Waals surface area contributed by atoms with Gasteiger partial charge in [0.1, 0.15) is 10.6 Å². The van der Waals surface area contributed by atoms with E-state index < -0.39 is 11.7 Å². The second-order valence-corrected chi connectivity index (χ2v) is 9.20. The van der Waals surface area contributed by atoms with Gasteiger partial charge in [-0.3, -0.25) is 4.79 Å². The minimum absolute atomic E-state index is 0.180. The van der Waals surface area contributed by atoms with Gasteiger partial charge in [-0.15, -0.1) is 11.3 Å². The molecule has 1 aromatic rings. The molecule has 0 bridgehead atoms. The summed E-state index contributed by atoms with van der Waals surface area (Å²) in [5.41, 5.74) is -0.805. The first kappa shape index (κ1) is 21.6. The molecule has 142 valence electrons. The van der Waals surface area contributed by atoms with Crippen molar-refractivity contribution in [2.45, 2.75) is 66.5 Å². The van der Waals surface area contributed by atoms with Crippen molar-refractivity contribution in [3.8, 4) is 0 Å². The van der Waals surface area contributed by atoms with Gasteiger partial charge in [0.15, 0.2) is 0 Å². The number of thiazole rings is 1. The Morgan fingerprint density at radius 2 is 1.92 bits per heavy atom. The van der Waals surface area contributed by atoms with Crippen molar-refractivity contribution in [3.63, 3.8) is 0 Å². The number of carbonyl (C=O) groups is 2. The lowest BCUT2D eigenvalue weighted by atomic mass is 9.91. The van der Waals surface area contributed by atoms with E-state index in [0.717, 1.165) is 5.01 Å². The molecule has 0 atom stereocenters. The number of aromatic nitrogens is 1. The third-order valence-electron chi connectivity index (χ3n) is 3.09. The normalized spacial score (nSPS) is 12.1. The molecule has 0 aliphatic rings. The van der Waals surface area contributed by atoms with E-state index in [2.05, 4.69) is 10.3 Å². The smallest absolute Gasteiger partial charge is 0.417 e. The first-order valence-electron chi connectivity index (χ1n) is 8.60. The maximum absolute atomic E-state index is 12.5. The van der Waals surface area contributed by atoms with Crippen molar-refractivity contribution in [1.29, 1.82) is 0 Å². The molecule has 25 heavy (non-hydrogen) atoms. The van der Waals surface area contributed by atoms with E-state index in [-0.39, 0.29) is 11.3 Å². The average molecular weight is 370 g/mol. The van der Waals surface area contributed by atoms with Gasteiger partial charge in [-0.05, 0) is 39.2 Å². The lowest BCUT2D eigenvalue weighted by Gasteiger charge is -2.28. The molecule has 6 nitrogen and oxygen atoms in total. The van der Waals surface area contributed by atoms with Gasteiger partial charge in [0.25, 0.3) is 0 Å². The highest BCUT2D eigenvalue weighted by atomic mass is 32.1. The van der Waals surface area contributed by atoms with Crippen molar-refractivity contribution >= 4 is 23.3 Å². The van der Waals surface area contributed by atoms with Gasteiger partial charge in [-0.2, -0.15) is 0 Å². The Morgan fingerprint density at radius 1 is 1.24 bits per heavy atom. The summed E-state index contributed by atoms with van der Waals surface area (Å²) in [4.78, 5) is 30.4. The second kappa shape index (κ2) is 9.29. The van der Waals surface area contributed by atoms with E-state index in [1.807, 2.05) is 26.2 Å². The standard InChI is InChI=1S/C18H31N3O3S/c1-17(2,3)12-15(22)21(16(23)24-18(4,5)6)10-7-8-19-13-14-20-9-11-25-14/h9,11,19H,7-8,10,12-13H2,1-6H3. The van der Waals surface area contributed by atoms with E-state index in [4.69, 9.17) is 4.74 Å². The van der Waals surface area contributed by atoms with Crippen molar-refractivity contribution in [3.05, 3.63) is 16.6 Å². The van der Waals surface area contributed by atoms with E-state index in [9.17, 15) is 9.59 Å². The van der Waals surface area contributed by atoms with Gasteiger partial charge in [0.2, 0.25) is 5.91 Å². The molecule has 7 heteroatoms. The number of rotatable bonds is 7. The Hall–Kier alpha value is -1.47. The summed E-state index contributed by atoms with van der Waals surface area (Å²) in [6.07, 6.45) is 2.18.